The first-order valence-electron chi connectivity index (χ1n) is 6.89. The Morgan fingerprint density at radius 1 is 1.47 bits per heavy atom. The number of benzene rings is 1. The largest absolute Gasteiger partial charge is 0.326 e. The van der Waals surface area contributed by atoms with Crippen LogP contribution in [0.15, 0.2) is 24.3 Å². The third kappa shape index (κ3) is 3.72. The van der Waals surface area contributed by atoms with E-state index in [-0.39, 0.29) is 17.1 Å². The fraction of sp³-hybridized carbons (Fsp3) is 0.533. The average Bonchev–Trinajstić information content (AvgIpc) is 2.88. The molecule has 19 heavy (non-hydrogen) atoms. The monoisotopic (exact) mass is 281 g/mol. The van der Waals surface area contributed by atoms with Crippen molar-refractivity contribution in [2.24, 2.45) is 0 Å². The zero-order valence-electron chi connectivity index (χ0n) is 11.3. The smallest absolute Gasteiger partial charge is 0.223 e. The minimum atomic E-state index is -0.233. The van der Waals surface area contributed by atoms with Crippen molar-refractivity contribution in [2.45, 2.75) is 38.0 Å². The van der Waals surface area contributed by atoms with Crippen LogP contribution in [0.25, 0.3) is 0 Å². The molecule has 1 aliphatic heterocycles. The van der Waals surface area contributed by atoms with E-state index in [1.165, 1.54) is 12.1 Å². The van der Waals surface area contributed by atoms with Crippen molar-refractivity contribution in [3.8, 4) is 0 Å². The summed E-state index contributed by atoms with van der Waals surface area (Å²) in [6, 6.07) is 6.59. The van der Waals surface area contributed by atoms with Gasteiger partial charge >= 0.3 is 0 Å². The molecule has 0 saturated carbocycles. The van der Waals surface area contributed by atoms with Gasteiger partial charge in [-0.05, 0) is 24.1 Å². The first-order valence-corrected chi connectivity index (χ1v) is 7.93. The molecule has 1 saturated heterocycles. The second-order valence-corrected chi connectivity index (χ2v) is 6.01. The summed E-state index contributed by atoms with van der Waals surface area (Å²) in [5, 5.41) is -0.00942. The van der Waals surface area contributed by atoms with E-state index in [9.17, 15) is 9.18 Å². The Bertz CT molecular complexity index is 438. The lowest BCUT2D eigenvalue weighted by Crippen LogP contribution is -2.30. The molecule has 1 aromatic carbocycles. The Balaban J connectivity index is 2.02. The number of halogens is 1. The van der Waals surface area contributed by atoms with Crippen molar-refractivity contribution >= 4 is 17.7 Å². The summed E-state index contributed by atoms with van der Waals surface area (Å²) in [5.41, 5.74) is 0.895. The van der Waals surface area contributed by atoms with Crippen molar-refractivity contribution in [2.75, 3.05) is 12.3 Å². The maximum absolute atomic E-state index is 13.3. The van der Waals surface area contributed by atoms with E-state index >= 15 is 0 Å². The zero-order valence-corrected chi connectivity index (χ0v) is 12.1. The number of thioether (sulfide) groups is 1. The maximum atomic E-state index is 13.3. The van der Waals surface area contributed by atoms with E-state index in [0.29, 0.717) is 6.42 Å². The molecule has 1 heterocycles. The van der Waals surface area contributed by atoms with Gasteiger partial charge in [0.25, 0.3) is 0 Å². The molecule has 1 aromatic rings. The number of carbonyl (C=O) groups excluding carboxylic acids is 1. The van der Waals surface area contributed by atoms with E-state index in [0.717, 1.165) is 37.1 Å². The minimum absolute atomic E-state index is 0.00942. The van der Waals surface area contributed by atoms with Gasteiger partial charge in [0, 0.05) is 18.7 Å². The third-order valence-electron chi connectivity index (χ3n) is 3.34. The molecule has 0 bridgehead atoms. The van der Waals surface area contributed by atoms with Crippen LogP contribution in [0.2, 0.25) is 0 Å². The zero-order chi connectivity index (χ0) is 13.7. The van der Waals surface area contributed by atoms with E-state index in [4.69, 9.17) is 0 Å². The predicted octanol–water partition coefficient (Wildman–Crippen LogP) is 3.98. The molecule has 0 N–H and O–H groups in total. The third-order valence-corrected chi connectivity index (χ3v) is 4.60. The van der Waals surface area contributed by atoms with Crippen molar-refractivity contribution in [3.05, 3.63) is 35.6 Å². The summed E-state index contributed by atoms with van der Waals surface area (Å²) >= 11 is 1.72. The summed E-state index contributed by atoms with van der Waals surface area (Å²) in [5.74, 6) is 0.900. The van der Waals surface area contributed by atoms with Crippen LogP contribution < -0.4 is 0 Å². The number of amides is 1. The van der Waals surface area contributed by atoms with Gasteiger partial charge in [-0.25, -0.2) is 4.39 Å². The van der Waals surface area contributed by atoms with E-state index < -0.39 is 0 Å². The first kappa shape index (κ1) is 14.4. The van der Waals surface area contributed by atoms with Crippen LogP contribution in [-0.4, -0.2) is 23.1 Å². The molecule has 0 aromatic heterocycles. The molecule has 1 aliphatic rings. The van der Waals surface area contributed by atoms with E-state index in [1.807, 2.05) is 11.0 Å². The van der Waals surface area contributed by atoms with E-state index in [2.05, 4.69) is 6.92 Å². The molecule has 0 unspecified atom stereocenters. The molecule has 104 valence electrons. The molecule has 4 heteroatoms. The second kappa shape index (κ2) is 6.94. The van der Waals surface area contributed by atoms with Gasteiger partial charge in [-0.3, -0.25) is 4.79 Å². The highest BCUT2D eigenvalue weighted by atomic mass is 32.2. The topological polar surface area (TPSA) is 20.3 Å². The Morgan fingerprint density at radius 3 is 3.05 bits per heavy atom. The highest BCUT2D eigenvalue weighted by molar-refractivity contribution is 7.99. The first-order chi connectivity index (χ1) is 9.22. The lowest BCUT2D eigenvalue weighted by molar-refractivity contribution is -0.131. The summed E-state index contributed by atoms with van der Waals surface area (Å²) in [6.07, 6.45) is 3.78. The number of carbonyl (C=O) groups is 1. The van der Waals surface area contributed by atoms with Crippen LogP contribution >= 0.6 is 11.8 Å². The highest BCUT2D eigenvalue weighted by Crippen LogP contribution is 2.38. The van der Waals surface area contributed by atoms with Gasteiger partial charge in [0.2, 0.25) is 5.91 Å². The lowest BCUT2D eigenvalue weighted by atomic mass is 10.1. The van der Waals surface area contributed by atoms with Crippen LogP contribution in [0.1, 0.15) is 43.5 Å². The molecule has 0 aliphatic carbocycles. The summed E-state index contributed by atoms with van der Waals surface area (Å²) < 4.78 is 13.3. The molecule has 1 atom stereocenters. The number of unbranched alkanes of at least 4 members (excludes halogenated alkanes) is 2. The Morgan fingerprint density at radius 2 is 2.32 bits per heavy atom. The molecular weight excluding hydrogens is 261 g/mol. The lowest BCUT2D eigenvalue weighted by Gasteiger charge is -2.24. The SMILES string of the molecule is CCCCCC(=O)N1CCS[C@H]1c1cccc(F)c1. The van der Waals surface area contributed by atoms with Gasteiger partial charge in [0.15, 0.2) is 0 Å². The fourth-order valence-electron chi connectivity index (χ4n) is 2.33. The number of nitrogens with zero attached hydrogens (tertiary/aromatic N) is 1. The van der Waals surface area contributed by atoms with Gasteiger partial charge in [-0.15, -0.1) is 11.8 Å². The van der Waals surface area contributed by atoms with Crippen LogP contribution in [0.4, 0.5) is 4.39 Å². The summed E-state index contributed by atoms with van der Waals surface area (Å²) in [7, 11) is 0. The normalized spacial score (nSPS) is 18.8. The number of hydrogen-bond donors (Lipinski definition) is 0. The number of rotatable bonds is 5. The quantitative estimate of drug-likeness (QED) is 0.761. The van der Waals surface area contributed by atoms with Crippen molar-refractivity contribution in [1.82, 2.24) is 4.90 Å². The maximum Gasteiger partial charge on any atom is 0.223 e. The van der Waals surface area contributed by atoms with Crippen LogP contribution in [0, 0.1) is 5.82 Å². The van der Waals surface area contributed by atoms with Crippen molar-refractivity contribution in [3.63, 3.8) is 0 Å². The molecule has 2 nitrogen and oxygen atoms in total. The standard InChI is InChI=1S/C15H20FNOS/c1-2-3-4-8-14(18)17-9-10-19-15(17)12-6-5-7-13(16)11-12/h5-7,11,15H,2-4,8-10H2,1H3/t15-/m0/s1. The van der Waals surface area contributed by atoms with Gasteiger partial charge in [-0.2, -0.15) is 0 Å². The Hall–Kier alpha value is -1.03. The van der Waals surface area contributed by atoms with Crippen molar-refractivity contribution in [1.29, 1.82) is 0 Å². The molecule has 2 rings (SSSR count). The predicted molar refractivity (Wildman–Crippen MR) is 77.5 cm³/mol. The molecular formula is C15H20FNOS. The molecule has 1 fully saturated rings. The second-order valence-electron chi connectivity index (χ2n) is 4.82. The van der Waals surface area contributed by atoms with Gasteiger partial charge in [0.1, 0.15) is 11.2 Å². The fourth-order valence-corrected chi connectivity index (χ4v) is 3.60. The molecule has 1 amide bonds. The average molecular weight is 281 g/mol. The van der Waals surface area contributed by atoms with Crippen LogP contribution in [0.5, 0.6) is 0 Å². The van der Waals surface area contributed by atoms with Gasteiger partial charge in [0.05, 0.1) is 0 Å². The summed E-state index contributed by atoms with van der Waals surface area (Å²) in [4.78, 5) is 14.1. The van der Waals surface area contributed by atoms with Crippen LogP contribution in [-0.2, 0) is 4.79 Å². The molecule has 0 radical (unpaired) electrons. The number of hydrogen-bond acceptors (Lipinski definition) is 2. The minimum Gasteiger partial charge on any atom is -0.326 e. The van der Waals surface area contributed by atoms with E-state index in [1.54, 1.807) is 17.8 Å². The van der Waals surface area contributed by atoms with Crippen molar-refractivity contribution < 1.29 is 9.18 Å². The highest BCUT2D eigenvalue weighted by Gasteiger charge is 2.30. The van der Waals surface area contributed by atoms with Crippen LogP contribution in [0.3, 0.4) is 0 Å². The van der Waals surface area contributed by atoms with Gasteiger partial charge < -0.3 is 4.90 Å². The summed E-state index contributed by atoms with van der Waals surface area (Å²) in [6.45, 7) is 2.91. The molecule has 0 spiro atoms. The Kier molecular flexibility index (Phi) is 5.25. The Labute approximate surface area is 118 Å². The van der Waals surface area contributed by atoms with Gasteiger partial charge in [-0.1, -0.05) is 31.9 Å².